The third-order valence-electron chi connectivity index (χ3n) is 10.4. The van der Waals surface area contributed by atoms with Crippen molar-refractivity contribution in [3.05, 3.63) is 106 Å². The highest BCUT2D eigenvalue weighted by molar-refractivity contribution is 6.30. The second-order valence-corrected chi connectivity index (χ2v) is 14.1. The van der Waals surface area contributed by atoms with Gasteiger partial charge in [0, 0.05) is 35.8 Å². The SMILES string of the molecule is CN(C(=O)c1ccc(-c2ccc(Cl)cc2)c(COc2ccc(-c3nc4cc(C(=O)O)ccc4n3C3CCCCC3)c(F)c2)c1)C1CCCCC1.Cl. The van der Waals surface area contributed by atoms with Crippen LogP contribution in [0.1, 0.15) is 96.5 Å². The van der Waals surface area contributed by atoms with E-state index in [0.29, 0.717) is 33.2 Å². The Kier molecular flexibility index (Phi) is 11.3. The van der Waals surface area contributed by atoms with Crippen molar-refractivity contribution in [1.82, 2.24) is 14.5 Å². The number of aromatic carboxylic acids is 1. The van der Waals surface area contributed by atoms with E-state index in [1.807, 2.05) is 54.4 Å². The van der Waals surface area contributed by atoms with Crippen LogP contribution in [-0.4, -0.2) is 44.5 Å². The lowest BCUT2D eigenvalue weighted by molar-refractivity contribution is 0.0687. The summed E-state index contributed by atoms with van der Waals surface area (Å²) in [4.78, 5) is 32.0. The van der Waals surface area contributed by atoms with Gasteiger partial charge in [-0.05, 0) is 97.0 Å². The summed E-state index contributed by atoms with van der Waals surface area (Å²) in [7, 11) is 1.89. The summed E-state index contributed by atoms with van der Waals surface area (Å²) >= 11 is 6.18. The number of carboxylic acids is 1. The van der Waals surface area contributed by atoms with Gasteiger partial charge in [-0.3, -0.25) is 4.79 Å². The predicted molar refractivity (Wildman–Crippen MR) is 202 cm³/mol. The zero-order valence-corrected chi connectivity index (χ0v) is 30.2. The van der Waals surface area contributed by atoms with E-state index in [2.05, 4.69) is 4.57 Å². The lowest BCUT2D eigenvalue weighted by Gasteiger charge is -2.31. The van der Waals surface area contributed by atoms with E-state index in [1.165, 1.54) is 12.5 Å². The van der Waals surface area contributed by atoms with Crippen LogP contribution in [0.15, 0.2) is 78.9 Å². The van der Waals surface area contributed by atoms with Crippen LogP contribution in [0.4, 0.5) is 4.39 Å². The van der Waals surface area contributed by atoms with Crippen molar-refractivity contribution in [2.75, 3.05) is 7.05 Å². The monoisotopic (exact) mass is 729 g/mol. The predicted octanol–water partition coefficient (Wildman–Crippen LogP) is 10.8. The van der Waals surface area contributed by atoms with Gasteiger partial charge in [0.05, 0.1) is 22.2 Å². The van der Waals surface area contributed by atoms with Gasteiger partial charge in [-0.2, -0.15) is 0 Å². The van der Waals surface area contributed by atoms with Crippen molar-refractivity contribution >= 4 is 46.9 Å². The number of imidazole rings is 1. The maximum atomic E-state index is 16.1. The number of ether oxygens (including phenoxy) is 1. The van der Waals surface area contributed by atoms with Crippen LogP contribution in [0.5, 0.6) is 5.75 Å². The Bertz CT molecular complexity index is 2040. The molecule has 1 amide bonds. The molecule has 2 fully saturated rings. The fourth-order valence-electron chi connectivity index (χ4n) is 7.65. The number of carboxylic acid groups (broad SMARTS) is 1. The Labute approximate surface area is 308 Å². The second kappa shape index (κ2) is 15.9. The Hall–Kier alpha value is -4.40. The van der Waals surface area contributed by atoms with Crippen molar-refractivity contribution in [2.24, 2.45) is 0 Å². The highest BCUT2D eigenvalue weighted by Crippen LogP contribution is 2.38. The first-order valence-corrected chi connectivity index (χ1v) is 18.0. The molecule has 266 valence electrons. The zero-order valence-electron chi connectivity index (χ0n) is 28.6. The summed E-state index contributed by atoms with van der Waals surface area (Å²) in [6.07, 6.45) is 10.7. The highest BCUT2D eigenvalue weighted by atomic mass is 35.5. The van der Waals surface area contributed by atoms with Crippen molar-refractivity contribution in [2.45, 2.75) is 82.9 Å². The lowest BCUT2D eigenvalue weighted by atomic mass is 9.93. The first kappa shape index (κ1) is 36.4. The van der Waals surface area contributed by atoms with Crippen LogP contribution in [0.2, 0.25) is 5.02 Å². The summed E-state index contributed by atoms with van der Waals surface area (Å²) in [5.41, 5.74) is 5.02. The van der Waals surface area contributed by atoms with Crippen molar-refractivity contribution in [3.8, 4) is 28.3 Å². The van der Waals surface area contributed by atoms with Crippen molar-refractivity contribution in [3.63, 3.8) is 0 Å². The molecular weight excluding hydrogens is 688 g/mol. The van der Waals surface area contributed by atoms with Gasteiger partial charge in [-0.1, -0.05) is 68.3 Å². The van der Waals surface area contributed by atoms with Crippen molar-refractivity contribution < 1.29 is 23.8 Å². The summed E-state index contributed by atoms with van der Waals surface area (Å²) in [5.74, 6) is -0.704. The number of hydrogen-bond acceptors (Lipinski definition) is 4. The first-order chi connectivity index (χ1) is 24.3. The van der Waals surface area contributed by atoms with E-state index in [-0.39, 0.29) is 42.6 Å². The normalized spacial score (nSPS) is 15.4. The first-order valence-electron chi connectivity index (χ1n) is 17.6. The fraction of sp³-hybridized carbons (Fsp3) is 0.341. The van der Waals surface area contributed by atoms with E-state index >= 15 is 4.39 Å². The van der Waals surface area contributed by atoms with Gasteiger partial charge in [0.25, 0.3) is 5.91 Å². The molecule has 0 aliphatic heterocycles. The van der Waals surface area contributed by atoms with Crippen LogP contribution in [-0.2, 0) is 6.61 Å². The standard InChI is InChI=1S/C41H41ClFN3O4.ClH/c1-45(31-8-4-2-5-9-31)40(47)27-14-19-34(26-12-16-30(42)17-13-26)29(22-27)25-50-33-18-20-35(36(43)24-33)39-44-37-23-28(41(48)49)15-21-38(37)46(39)32-10-6-3-7-11-32;/h12-24,31-32H,2-11,25H2,1H3,(H,48,49);1H. The minimum atomic E-state index is -1.03. The van der Waals surface area contributed by atoms with Gasteiger partial charge < -0.3 is 19.3 Å². The Morgan fingerprint density at radius 1 is 0.863 bits per heavy atom. The molecule has 1 heterocycles. The number of aromatic nitrogens is 2. The number of carbonyl (C=O) groups is 2. The molecule has 4 aromatic carbocycles. The smallest absolute Gasteiger partial charge is 0.335 e. The molecule has 5 aromatic rings. The molecule has 7 rings (SSSR count). The maximum absolute atomic E-state index is 16.1. The molecule has 0 atom stereocenters. The molecular formula is C41H42Cl2FN3O4. The number of benzene rings is 4. The number of fused-ring (bicyclic) bond motifs is 1. The minimum absolute atomic E-state index is 0. The Morgan fingerprint density at radius 2 is 1.53 bits per heavy atom. The molecule has 0 spiro atoms. The molecule has 0 radical (unpaired) electrons. The van der Waals surface area contributed by atoms with E-state index in [0.717, 1.165) is 80.0 Å². The topological polar surface area (TPSA) is 84.7 Å². The van der Waals surface area contributed by atoms with Crippen LogP contribution < -0.4 is 4.74 Å². The van der Waals surface area contributed by atoms with Gasteiger partial charge in [0.15, 0.2) is 0 Å². The van der Waals surface area contributed by atoms with E-state index in [1.54, 1.807) is 30.3 Å². The molecule has 0 bridgehead atoms. The van der Waals surface area contributed by atoms with Crippen LogP contribution >= 0.6 is 24.0 Å². The highest BCUT2D eigenvalue weighted by Gasteiger charge is 2.26. The number of halogens is 3. The summed E-state index contributed by atoms with van der Waals surface area (Å²) in [6.45, 7) is 0.115. The van der Waals surface area contributed by atoms with E-state index < -0.39 is 11.8 Å². The van der Waals surface area contributed by atoms with Crippen LogP contribution in [0.3, 0.4) is 0 Å². The van der Waals surface area contributed by atoms with Gasteiger partial charge in [-0.25, -0.2) is 14.2 Å². The molecule has 51 heavy (non-hydrogen) atoms. The van der Waals surface area contributed by atoms with Crippen LogP contribution in [0, 0.1) is 5.82 Å². The lowest BCUT2D eigenvalue weighted by Crippen LogP contribution is -2.38. The fourth-order valence-corrected chi connectivity index (χ4v) is 7.78. The van der Waals surface area contributed by atoms with Gasteiger partial charge in [0.2, 0.25) is 0 Å². The minimum Gasteiger partial charge on any atom is -0.489 e. The zero-order chi connectivity index (χ0) is 34.8. The average molecular weight is 731 g/mol. The number of hydrogen-bond donors (Lipinski definition) is 1. The van der Waals surface area contributed by atoms with Gasteiger partial charge in [0.1, 0.15) is 24.0 Å². The number of rotatable bonds is 9. The van der Waals surface area contributed by atoms with E-state index in [9.17, 15) is 14.7 Å². The molecule has 7 nitrogen and oxygen atoms in total. The van der Waals surface area contributed by atoms with Crippen molar-refractivity contribution in [1.29, 1.82) is 0 Å². The average Bonchev–Trinajstić information content (AvgIpc) is 3.53. The summed E-state index contributed by atoms with van der Waals surface area (Å²) < 4.78 is 24.4. The van der Waals surface area contributed by atoms with Gasteiger partial charge in [-0.15, -0.1) is 12.4 Å². The molecule has 2 aliphatic carbocycles. The van der Waals surface area contributed by atoms with E-state index in [4.69, 9.17) is 21.3 Å². The molecule has 2 saturated carbocycles. The second-order valence-electron chi connectivity index (χ2n) is 13.6. The molecule has 2 aliphatic rings. The largest absolute Gasteiger partial charge is 0.489 e. The third kappa shape index (κ3) is 7.77. The third-order valence-corrected chi connectivity index (χ3v) is 10.7. The molecule has 1 N–H and O–H groups in total. The molecule has 0 saturated heterocycles. The quantitative estimate of drug-likeness (QED) is 0.163. The summed E-state index contributed by atoms with van der Waals surface area (Å²) in [5, 5.41) is 10.2. The molecule has 0 unspecified atom stereocenters. The number of nitrogens with zero attached hydrogens (tertiary/aromatic N) is 3. The Morgan fingerprint density at radius 3 is 2.22 bits per heavy atom. The number of carbonyl (C=O) groups excluding carboxylic acids is 1. The number of amides is 1. The maximum Gasteiger partial charge on any atom is 0.335 e. The van der Waals surface area contributed by atoms with Crippen LogP contribution in [0.25, 0.3) is 33.5 Å². The molecule has 10 heteroatoms. The summed E-state index contributed by atoms with van der Waals surface area (Å²) in [6, 6.07) is 23.3. The van der Waals surface area contributed by atoms with Gasteiger partial charge >= 0.3 is 5.97 Å². The molecule has 1 aromatic heterocycles. The Balaban J connectivity index is 0.00000448.